The van der Waals surface area contributed by atoms with Crippen LogP contribution in [0.5, 0.6) is 0 Å². The first-order valence-electron chi connectivity index (χ1n) is 6.25. The summed E-state index contributed by atoms with van der Waals surface area (Å²) in [5.41, 5.74) is 0.169. The minimum atomic E-state index is -4.21. The molecule has 0 aliphatic heterocycles. The third-order valence-electron chi connectivity index (χ3n) is 2.44. The maximum atomic E-state index is 12.0. The van der Waals surface area contributed by atoms with Crippen molar-refractivity contribution in [2.24, 2.45) is 0 Å². The van der Waals surface area contributed by atoms with Crippen molar-refractivity contribution >= 4 is 26.0 Å². The summed E-state index contributed by atoms with van der Waals surface area (Å²) in [7, 11) is -8.15. The van der Waals surface area contributed by atoms with Crippen molar-refractivity contribution in [1.29, 1.82) is 0 Å². The first-order chi connectivity index (χ1) is 9.49. The highest BCUT2D eigenvalue weighted by Gasteiger charge is 2.39. The molecule has 0 aliphatic rings. The molecule has 0 atom stereocenters. The van der Waals surface area contributed by atoms with Crippen LogP contribution in [0.2, 0.25) is 0 Å². The second-order valence-corrected chi connectivity index (χ2v) is 10.3. The van der Waals surface area contributed by atoms with Gasteiger partial charge in [0.25, 0.3) is 0 Å². The summed E-state index contributed by atoms with van der Waals surface area (Å²) in [6.07, 6.45) is 0.736. The second kappa shape index (κ2) is 6.65. The summed E-state index contributed by atoms with van der Waals surface area (Å²) in [4.78, 5) is 11.5. The van der Waals surface area contributed by atoms with Crippen LogP contribution in [0, 0.1) is 0 Å². The highest BCUT2D eigenvalue weighted by molar-refractivity contribution is 8.05. The van der Waals surface area contributed by atoms with Crippen molar-refractivity contribution in [3.8, 4) is 0 Å². The Hall–Kier alpha value is -0.970. The van der Waals surface area contributed by atoms with Gasteiger partial charge in [-0.05, 0) is 20.8 Å². The minimum absolute atomic E-state index is 0.169. The summed E-state index contributed by atoms with van der Waals surface area (Å²) in [5.74, 6) is -2.08. The van der Waals surface area contributed by atoms with Gasteiger partial charge >= 0.3 is 5.97 Å². The molecule has 8 nitrogen and oxygen atoms in total. The van der Waals surface area contributed by atoms with Gasteiger partial charge in [-0.1, -0.05) is 6.58 Å². The van der Waals surface area contributed by atoms with E-state index in [1.807, 2.05) is 0 Å². The number of hydrogen-bond donors (Lipinski definition) is 1. The van der Waals surface area contributed by atoms with Gasteiger partial charge in [-0.2, -0.15) is 0 Å². The predicted molar refractivity (Wildman–Crippen MR) is 81.9 cm³/mol. The highest BCUT2D eigenvalue weighted by Crippen LogP contribution is 2.21. The molecule has 0 amide bonds. The highest BCUT2D eigenvalue weighted by atomic mass is 32.3. The molecule has 1 N–H and O–H groups in total. The van der Waals surface area contributed by atoms with Crippen molar-refractivity contribution in [1.82, 2.24) is 4.13 Å². The lowest BCUT2D eigenvalue weighted by molar-refractivity contribution is -0.213. The van der Waals surface area contributed by atoms with E-state index < -0.39 is 43.2 Å². The zero-order chi connectivity index (χ0) is 18.0. The maximum absolute atomic E-state index is 12.0. The van der Waals surface area contributed by atoms with E-state index >= 15 is 0 Å². The van der Waals surface area contributed by atoms with Crippen LogP contribution in [0.15, 0.2) is 12.2 Å². The van der Waals surface area contributed by atoms with Crippen molar-refractivity contribution < 1.29 is 31.1 Å². The molecule has 0 aliphatic carbocycles. The van der Waals surface area contributed by atoms with Crippen LogP contribution in [-0.2, 0) is 34.3 Å². The van der Waals surface area contributed by atoms with Crippen LogP contribution >= 0.6 is 0 Å². The zero-order valence-electron chi connectivity index (χ0n) is 13.6. The number of rotatable bonds is 8. The first kappa shape index (κ1) is 21.0. The lowest BCUT2D eigenvalue weighted by atomic mass is 10.2. The number of ether oxygens (including phenoxy) is 2. The van der Waals surface area contributed by atoms with Gasteiger partial charge in [-0.15, -0.1) is 4.13 Å². The Morgan fingerprint density at radius 2 is 1.59 bits per heavy atom. The lowest BCUT2D eigenvalue weighted by Gasteiger charge is -2.31. The smallest absolute Gasteiger partial charge is 0.335 e. The average molecular weight is 357 g/mol. The van der Waals surface area contributed by atoms with Gasteiger partial charge < -0.3 is 9.47 Å². The van der Waals surface area contributed by atoms with Gasteiger partial charge in [-0.3, -0.25) is 0 Å². The van der Waals surface area contributed by atoms with E-state index in [0.29, 0.717) is 0 Å². The Balaban J connectivity index is 5.01. The molecular formula is C12H23NO7S2. The Labute approximate surface area is 132 Å². The van der Waals surface area contributed by atoms with E-state index in [2.05, 4.69) is 6.58 Å². The minimum Gasteiger partial charge on any atom is -0.430 e. The number of carbonyl (C=O) groups is 1. The Morgan fingerprint density at radius 3 is 1.95 bits per heavy atom. The second-order valence-electron chi connectivity index (χ2n) is 5.98. The summed E-state index contributed by atoms with van der Waals surface area (Å²) in [6, 6.07) is 0. The molecule has 10 heteroatoms. The van der Waals surface area contributed by atoms with Crippen LogP contribution in [0.4, 0.5) is 0 Å². The molecule has 0 aromatic heterocycles. The van der Waals surface area contributed by atoms with Gasteiger partial charge in [0.1, 0.15) is 4.75 Å². The average Bonchev–Trinajstić information content (AvgIpc) is 2.22. The Kier molecular flexibility index (Phi) is 6.36. The number of nitrogens with one attached hydrogen (secondary N) is 1. The van der Waals surface area contributed by atoms with Crippen molar-refractivity contribution in [2.45, 2.75) is 45.2 Å². The van der Waals surface area contributed by atoms with Gasteiger partial charge in [0.05, 0.1) is 12.9 Å². The van der Waals surface area contributed by atoms with Crippen LogP contribution in [0.3, 0.4) is 0 Å². The van der Waals surface area contributed by atoms with Crippen LogP contribution < -0.4 is 4.13 Å². The molecule has 0 aromatic carbocycles. The zero-order valence-corrected chi connectivity index (χ0v) is 15.2. The van der Waals surface area contributed by atoms with Crippen molar-refractivity contribution in [2.75, 3.05) is 12.9 Å². The quantitative estimate of drug-likeness (QED) is 0.382. The van der Waals surface area contributed by atoms with E-state index in [-0.39, 0.29) is 5.57 Å². The lowest BCUT2D eigenvalue weighted by Crippen LogP contribution is -2.48. The fraction of sp³-hybridized carbons (Fsp3) is 0.750. The van der Waals surface area contributed by atoms with Crippen LogP contribution in [0.25, 0.3) is 0 Å². The molecule has 0 fully saturated rings. The van der Waals surface area contributed by atoms with Crippen molar-refractivity contribution in [3.63, 3.8) is 0 Å². The third kappa shape index (κ3) is 6.86. The normalized spacial score (nSPS) is 13.7. The topological polar surface area (TPSA) is 116 Å². The molecule has 0 saturated heterocycles. The predicted octanol–water partition coefficient (Wildman–Crippen LogP) is 0.516. The SMILES string of the molecule is C=C(C)C(=O)OC(C)(C)OCC(C)(C)S(=O)(=O)NS(C)(=O)=O. The summed E-state index contributed by atoms with van der Waals surface area (Å²) >= 11 is 0. The van der Waals surface area contributed by atoms with Gasteiger partial charge in [0.15, 0.2) is 0 Å². The van der Waals surface area contributed by atoms with Crippen LogP contribution in [-0.4, -0.2) is 46.2 Å². The molecule has 22 heavy (non-hydrogen) atoms. The third-order valence-corrected chi connectivity index (χ3v) is 6.10. The fourth-order valence-electron chi connectivity index (χ4n) is 1.08. The molecule has 130 valence electrons. The molecule has 0 spiro atoms. The molecular weight excluding hydrogens is 334 g/mol. The number of hydrogen-bond acceptors (Lipinski definition) is 7. The van der Waals surface area contributed by atoms with Crippen LogP contribution in [0.1, 0.15) is 34.6 Å². The van der Waals surface area contributed by atoms with Gasteiger partial charge in [0, 0.05) is 19.4 Å². The Bertz CT molecular complexity index is 645. The molecule has 0 bridgehead atoms. The fourth-order valence-corrected chi connectivity index (χ4v) is 3.79. The van der Waals surface area contributed by atoms with E-state index in [1.54, 1.807) is 4.13 Å². The maximum Gasteiger partial charge on any atom is 0.335 e. The molecule has 0 rings (SSSR count). The summed E-state index contributed by atoms with van der Waals surface area (Å²) in [6.45, 7) is 9.93. The Morgan fingerprint density at radius 1 is 1.14 bits per heavy atom. The molecule has 0 heterocycles. The van der Waals surface area contributed by atoms with E-state index in [1.165, 1.54) is 34.6 Å². The largest absolute Gasteiger partial charge is 0.430 e. The number of esters is 1. The van der Waals surface area contributed by atoms with Gasteiger partial charge in [-0.25, -0.2) is 21.6 Å². The number of sulfonamides is 2. The number of carbonyl (C=O) groups excluding carboxylic acids is 1. The standard InChI is InChI=1S/C12H23NO7S2/c1-9(2)10(14)20-12(5,6)19-8-11(3,4)22(17,18)13-21(7,15)16/h13H,1,8H2,2-7H3. The van der Waals surface area contributed by atoms with E-state index in [9.17, 15) is 21.6 Å². The monoisotopic (exact) mass is 357 g/mol. The summed E-state index contributed by atoms with van der Waals surface area (Å²) in [5, 5.41) is 0. The first-order valence-corrected chi connectivity index (χ1v) is 9.62. The molecule has 0 unspecified atom stereocenters. The molecule has 0 radical (unpaired) electrons. The molecule has 0 aromatic rings. The molecule has 0 saturated carbocycles. The van der Waals surface area contributed by atoms with E-state index in [0.717, 1.165) is 6.26 Å². The van der Waals surface area contributed by atoms with E-state index in [4.69, 9.17) is 9.47 Å². The van der Waals surface area contributed by atoms with Crippen molar-refractivity contribution in [3.05, 3.63) is 12.2 Å². The van der Waals surface area contributed by atoms with Gasteiger partial charge in [0.2, 0.25) is 25.8 Å². The summed E-state index contributed by atoms with van der Waals surface area (Å²) < 4.78 is 56.6.